The number of carbonyl (C=O) groups excluding carboxylic acids is 1. The summed E-state index contributed by atoms with van der Waals surface area (Å²) < 4.78 is 94.2. The van der Waals surface area contributed by atoms with Crippen molar-refractivity contribution in [2.75, 3.05) is 5.32 Å². The molecule has 0 spiro atoms. The Kier molecular flexibility index (Phi) is 6.61. The zero-order valence-corrected chi connectivity index (χ0v) is 19.7. The number of H-pyrrole nitrogens is 1. The van der Waals surface area contributed by atoms with E-state index in [9.17, 15) is 35.5 Å². The Bertz CT molecular complexity index is 1400. The molecule has 2 N–H and O–H groups in total. The van der Waals surface area contributed by atoms with Crippen LogP contribution in [-0.4, -0.2) is 33.0 Å². The van der Waals surface area contributed by atoms with Crippen LogP contribution in [0.25, 0.3) is 0 Å². The fraction of sp³-hybridized carbons (Fsp3) is 0.238. The summed E-state index contributed by atoms with van der Waals surface area (Å²) in [4.78, 5) is 20.5. The van der Waals surface area contributed by atoms with Gasteiger partial charge in [-0.05, 0) is 42.3 Å². The Labute approximate surface area is 212 Å². The zero-order chi connectivity index (χ0) is 27.3. The number of nitrogens with one attached hydrogen (secondary N) is 2. The van der Waals surface area contributed by atoms with E-state index in [2.05, 4.69) is 20.6 Å². The largest absolute Gasteiger partial charge is 0.451 e. The number of aromatic amines is 1. The predicted octanol–water partition coefficient (Wildman–Crippen LogP) is 6.41. The molecule has 196 valence electrons. The number of rotatable bonds is 4. The molecule has 0 saturated carbocycles. The molecule has 1 aliphatic rings. The molecule has 0 bridgehead atoms. The first-order valence-electron chi connectivity index (χ1n) is 10.0. The standard InChI is InChI=1S/C21H12Cl2F7N5O2/c1-8-4-9(2-3-11(8)16(36)31-18-32-17(33-34-18)20(25,26)27)14-7-19(37-35-14,21(28,29)30)10-5-12(22)15(24)13(23)6-10/h2-6H,7H2,1H3,(H2,31,32,33,34,36). The van der Waals surface area contributed by atoms with Crippen molar-refractivity contribution in [3.8, 4) is 0 Å². The maximum Gasteiger partial charge on any atom is 0.451 e. The first-order chi connectivity index (χ1) is 17.1. The van der Waals surface area contributed by atoms with Gasteiger partial charge in [0.1, 0.15) is 0 Å². The predicted molar refractivity (Wildman–Crippen MR) is 117 cm³/mol. The van der Waals surface area contributed by atoms with Gasteiger partial charge in [-0.25, -0.2) is 4.39 Å². The Balaban J connectivity index is 1.58. The summed E-state index contributed by atoms with van der Waals surface area (Å²) in [6.07, 6.45) is -10.6. The zero-order valence-electron chi connectivity index (χ0n) is 18.2. The Morgan fingerprint density at radius 2 is 1.76 bits per heavy atom. The molecule has 2 aromatic carbocycles. The number of alkyl halides is 6. The summed E-state index contributed by atoms with van der Waals surface area (Å²) in [5.41, 5.74) is -3.31. The number of benzene rings is 2. The third kappa shape index (κ3) is 4.94. The molecular weight excluding hydrogens is 558 g/mol. The van der Waals surface area contributed by atoms with E-state index >= 15 is 0 Å². The molecule has 0 saturated heterocycles. The smallest absolute Gasteiger partial charge is 0.374 e. The molecule has 1 atom stereocenters. The van der Waals surface area contributed by atoms with Crippen LogP contribution in [0, 0.1) is 12.7 Å². The quantitative estimate of drug-likeness (QED) is 0.280. The molecule has 1 aromatic heterocycles. The van der Waals surface area contributed by atoms with Crippen LogP contribution in [0.3, 0.4) is 0 Å². The monoisotopic (exact) mass is 569 g/mol. The van der Waals surface area contributed by atoms with E-state index in [1.54, 1.807) is 5.10 Å². The van der Waals surface area contributed by atoms with Crippen molar-refractivity contribution in [2.45, 2.75) is 31.3 Å². The summed E-state index contributed by atoms with van der Waals surface area (Å²) in [6.45, 7) is 1.45. The number of carbonyl (C=O) groups is 1. The van der Waals surface area contributed by atoms with Crippen LogP contribution in [0.15, 0.2) is 35.5 Å². The average molecular weight is 570 g/mol. The highest BCUT2D eigenvalue weighted by molar-refractivity contribution is 6.35. The molecule has 7 nitrogen and oxygen atoms in total. The molecule has 0 radical (unpaired) electrons. The van der Waals surface area contributed by atoms with Crippen LogP contribution in [0.5, 0.6) is 0 Å². The fourth-order valence-electron chi connectivity index (χ4n) is 3.56. The molecule has 2 heterocycles. The number of amides is 1. The maximum absolute atomic E-state index is 14.2. The van der Waals surface area contributed by atoms with Gasteiger partial charge in [0, 0.05) is 17.5 Å². The van der Waals surface area contributed by atoms with Crippen LogP contribution in [0.1, 0.15) is 39.3 Å². The average Bonchev–Trinajstić information content (AvgIpc) is 3.45. The Hall–Kier alpha value is -3.39. The minimum Gasteiger partial charge on any atom is -0.374 e. The number of oxime groups is 1. The fourth-order valence-corrected chi connectivity index (χ4v) is 4.05. The number of hydrogen-bond donors (Lipinski definition) is 2. The lowest BCUT2D eigenvalue weighted by atomic mass is 9.86. The lowest BCUT2D eigenvalue weighted by molar-refractivity contribution is -0.275. The van der Waals surface area contributed by atoms with Crippen LogP contribution >= 0.6 is 23.2 Å². The van der Waals surface area contributed by atoms with Gasteiger partial charge in [-0.15, -0.1) is 5.10 Å². The molecule has 16 heteroatoms. The van der Waals surface area contributed by atoms with Crippen molar-refractivity contribution in [3.63, 3.8) is 0 Å². The third-order valence-electron chi connectivity index (χ3n) is 5.42. The van der Waals surface area contributed by atoms with E-state index in [-0.39, 0.29) is 22.4 Å². The Morgan fingerprint density at radius 3 is 2.30 bits per heavy atom. The lowest BCUT2D eigenvalue weighted by Crippen LogP contribution is -2.42. The van der Waals surface area contributed by atoms with Crippen LogP contribution in [-0.2, 0) is 16.6 Å². The number of halogens is 9. The minimum absolute atomic E-state index is 0.0131. The van der Waals surface area contributed by atoms with E-state index in [0.717, 1.165) is 12.1 Å². The number of nitrogens with zero attached hydrogens (tertiary/aromatic N) is 3. The number of anilines is 1. The van der Waals surface area contributed by atoms with Gasteiger partial charge in [0.2, 0.25) is 11.8 Å². The molecule has 37 heavy (non-hydrogen) atoms. The van der Waals surface area contributed by atoms with Gasteiger partial charge in [-0.1, -0.05) is 34.4 Å². The SMILES string of the molecule is Cc1cc(C2=NOC(c3cc(Cl)c(F)c(Cl)c3)(C(F)(F)F)C2)ccc1C(=O)Nc1n[nH]c(C(F)(F)F)n1. The highest BCUT2D eigenvalue weighted by Crippen LogP contribution is 2.50. The second-order valence-corrected chi connectivity index (χ2v) is 8.69. The van der Waals surface area contributed by atoms with Gasteiger partial charge in [-0.3, -0.25) is 15.2 Å². The number of aromatic nitrogens is 3. The van der Waals surface area contributed by atoms with Gasteiger partial charge in [0.25, 0.3) is 11.5 Å². The molecule has 1 aliphatic heterocycles. The van der Waals surface area contributed by atoms with Crippen molar-refractivity contribution < 1.29 is 40.4 Å². The van der Waals surface area contributed by atoms with Gasteiger partial charge in [0.15, 0.2) is 5.82 Å². The van der Waals surface area contributed by atoms with Crippen molar-refractivity contribution in [3.05, 3.63) is 74.3 Å². The first-order valence-corrected chi connectivity index (χ1v) is 10.8. The molecular formula is C21H12Cl2F7N5O2. The van der Waals surface area contributed by atoms with Gasteiger partial charge in [0.05, 0.1) is 15.8 Å². The molecule has 1 unspecified atom stereocenters. The first kappa shape index (κ1) is 26.7. The summed E-state index contributed by atoms with van der Waals surface area (Å²) in [7, 11) is 0. The van der Waals surface area contributed by atoms with E-state index in [1.165, 1.54) is 25.1 Å². The van der Waals surface area contributed by atoms with Crippen molar-refractivity contribution in [2.24, 2.45) is 5.16 Å². The van der Waals surface area contributed by atoms with Crippen molar-refractivity contribution in [1.82, 2.24) is 15.2 Å². The topological polar surface area (TPSA) is 92.3 Å². The third-order valence-corrected chi connectivity index (χ3v) is 5.97. The van der Waals surface area contributed by atoms with Crippen LogP contribution in [0.2, 0.25) is 10.0 Å². The second-order valence-electron chi connectivity index (χ2n) is 7.87. The summed E-state index contributed by atoms with van der Waals surface area (Å²) in [5.74, 6) is -3.98. The van der Waals surface area contributed by atoms with E-state index in [1.807, 2.05) is 0 Å². The molecule has 4 rings (SSSR count). The number of hydrogen-bond acceptors (Lipinski definition) is 5. The van der Waals surface area contributed by atoms with Gasteiger partial charge in [-0.2, -0.15) is 31.3 Å². The summed E-state index contributed by atoms with van der Waals surface area (Å²) in [5, 5.41) is 9.32. The minimum atomic E-state index is -5.01. The summed E-state index contributed by atoms with van der Waals surface area (Å²) in [6, 6.07) is 5.36. The van der Waals surface area contributed by atoms with Gasteiger partial charge >= 0.3 is 12.4 Å². The van der Waals surface area contributed by atoms with Gasteiger partial charge < -0.3 is 4.84 Å². The van der Waals surface area contributed by atoms with Crippen LogP contribution in [0.4, 0.5) is 36.7 Å². The molecule has 1 amide bonds. The molecule has 0 aliphatic carbocycles. The van der Waals surface area contributed by atoms with Crippen molar-refractivity contribution in [1.29, 1.82) is 0 Å². The number of aryl methyl sites for hydroxylation is 1. The lowest BCUT2D eigenvalue weighted by Gasteiger charge is -2.29. The van der Waals surface area contributed by atoms with Crippen LogP contribution < -0.4 is 5.32 Å². The molecule has 3 aromatic rings. The highest BCUT2D eigenvalue weighted by atomic mass is 35.5. The normalized spacial score (nSPS) is 17.9. The highest BCUT2D eigenvalue weighted by Gasteiger charge is 2.62. The van der Waals surface area contributed by atoms with E-state index in [0.29, 0.717) is 0 Å². The van der Waals surface area contributed by atoms with E-state index in [4.69, 9.17) is 28.0 Å². The van der Waals surface area contributed by atoms with E-state index < -0.39 is 63.5 Å². The maximum atomic E-state index is 14.2. The van der Waals surface area contributed by atoms with Crippen molar-refractivity contribution >= 4 is 40.8 Å². The molecule has 0 fully saturated rings. The summed E-state index contributed by atoms with van der Waals surface area (Å²) >= 11 is 11.4. The Morgan fingerprint density at radius 1 is 1.11 bits per heavy atom. The second kappa shape index (κ2) is 9.17.